The molecule has 1 unspecified atom stereocenters. The van der Waals surface area contributed by atoms with Crippen LogP contribution in [-0.4, -0.2) is 23.5 Å². The van der Waals surface area contributed by atoms with Crippen molar-refractivity contribution in [3.8, 4) is 0 Å². The summed E-state index contributed by atoms with van der Waals surface area (Å²) in [6, 6.07) is 0.580. The Morgan fingerprint density at radius 2 is 2.41 bits per heavy atom. The molecule has 0 bridgehead atoms. The Balaban J connectivity index is 1.78. The van der Waals surface area contributed by atoms with Gasteiger partial charge in [0.15, 0.2) is 0 Å². The summed E-state index contributed by atoms with van der Waals surface area (Å²) in [6.07, 6.45) is 5.30. The number of rotatable bonds is 6. The van der Waals surface area contributed by atoms with Crippen LogP contribution in [0.2, 0.25) is 0 Å². The number of carbonyl (C=O) groups is 1. The van der Waals surface area contributed by atoms with Crippen molar-refractivity contribution >= 4 is 17.2 Å². The minimum Gasteiger partial charge on any atom is -0.346 e. The Kier molecular flexibility index (Phi) is 4.12. The molecule has 0 saturated heterocycles. The van der Waals surface area contributed by atoms with Crippen LogP contribution in [0.15, 0.2) is 6.20 Å². The van der Waals surface area contributed by atoms with Crippen LogP contribution in [-0.2, 0) is 11.2 Å². The fraction of sp³-hybridized carbons (Fsp3) is 0.667. The van der Waals surface area contributed by atoms with Crippen molar-refractivity contribution in [2.24, 2.45) is 0 Å². The second-order valence-electron chi connectivity index (χ2n) is 4.46. The van der Waals surface area contributed by atoms with Crippen molar-refractivity contribution in [2.45, 2.75) is 45.2 Å². The summed E-state index contributed by atoms with van der Waals surface area (Å²) in [4.78, 5) is 17.2. The number of amides is 1. The zero-order valence-corrected chi connectivity index (χ0v) is 11.1. The summed E-state index contributed by atoms with van der Waals surface area (Å²) < 4.78 is 0. The quantitative estimate of drug-likeness (QED) is 0.810. The van der Waals surface area contributed by atoms with E-state index >= 15 is 0 Å². The molecule has 4 nitrogen and oxygen atoms in total. The Labute approximate surface area is 106 Å². The van der Waals surface area contributed by atoms with Crippen LogP contribution in [0.4, 0.5) is 0 Å². The largest absolute Gasteiger partial charge is 0.346 e. The highest BCUT2D eigenvalue weighted by Gasteiger charge is 2.21. The molecule has 2 N–H and O–H groups in total. The second-order valence-corrected chi connectivity index (χ2v) is 5.61. The first-order valence-electron chi connectivity index (χ1n) is 6.16. The van der Waals surface area contributed by atoms with Gasteiger partial charge in [-0.3, -0.25) is 4.79 Å². The molecule has 1 aliphatic rings. The molecule has 5 heteroatoms. The van der Waals surface area contributed by atoms with Crippen LogP contribution >= 0.6 is 11.3 Å². The van der Waals surface area contributed by atoms with E-state index in [1.165, 1.54) is 17.7 Å². The molecule has 1 aliphatic carbocycles. The third kappa shape index (κ3) is 3.78. The van der Waals surface area contributed by atoms with Crippen LogP contribution in [0, 0.1) is 0 Å². The van der Waals surface area contributed by atoms with Gasteiger partial charge in [-0.2, -0.15) is 0 Å². The molecule has 0 spiro atoms. The summed E-state index contributed by atoms with van der Waals surface area (Å²) in [6.45, 7) is 4.51. The van der Waals surface area contributed by atoms with Crippen molar-refractivity contribution in [2.75, 3.05) is 6.54 Å². The normalized spacial score (nSPS) is 16.8. The molecule has 1 amide bonds. The molecule has 2 rings (SSSR count). The molecule has 1 aromatic heterocycles. The van der Waals surface area contributed by atoms with Crippen molar-refractivity contribution in [1.82, 2.24) is 15.6 Å². The lowest BCUT2D eigenvalue weighted by Crippen LogP contribution is -2.36. The first kappa shape index (κ1) is 12.5. The first-order chi connectivity index (χ1) is 8.19. The number of aromatic nitrogens is 1. The molecule has 17 heavy (non-hydrogen) atoms. The van der Waals surface area contributed by atoms with Gasteiger partial charge in [0.1, 0.15) is 5.01 Å². The second kappa shape index (κ2) is 5.60. The third-order valence-corrected chi connectivity index (χ3v) is 4.12. The molecule has 0 aromatic carbocycles. The van der Waals surface area contributed by atoms with E-state index < -0.39 is 0 Å². The smallest absolute Gasteiger partial charge is 0.234 e. The van der Waals surface area contributed by atoms with E-state index in [1.807, 2.05) is 13.1 Å². The van der Waals surface area contributed by atoms with Crippen molar-refractivity contribution in [3.05, 3.63) is 16.1 Å². The molecule has 1 aromatic rings. The van der Waals surface area contributed by atoms with E-state index in [4.69, 9.17) is 0 Å². The van der Waals surface area contributed by atoms with Crippen LogP contribution in [0.5, 0.6) is 0 Å². The monoisotopic (exact) mass is 253 g/mol. The molecule has 94 valence electrons. The van der Waals surface area contributed by atoms with Crippen LogP contribution in [0.25, 0.3) is 0 Å². The molecule has 0 radical (unpaired) electrons. The maximum atomic E-state index is 11.6. The molecule has 1 fully saturated rings. The molecule has 0 aliphatic heterocycles. The summed E-state index contributed by atoms with van der Waals surface area (Å²) in [5, 5.41) is 7.15. The SMILES string of the molecule is CCc1cnc(C(C)NC(=O)CNC2CC2)s1. The lowest BCUT2D eigenvalue weighted by molar-refractivity contribution is -0.120. The molecule has 1 atom stereocenters. The van der Waals surface area contributed by atoms with Crippen LogP contribution in [0.1, 0.15) is 42.6 Å². The fourth-order valence-electron chi connectivity index (χ4n) is 1.57. The van der Waals surface area contributed by atoms with Gasteiger partial charge in [0.05, 0.1) is 12.6 Å². The van der Waals surface area contributed by atoms with Gasteiger partial charge in [-0.15, -0.1) is 11.3 Å². The lowest BCUT2D eigenvalue weighted by Gasteiger charge is -2.11. The molecule has 1 saturated carbocycles. The average Bonchev–Trinajstić information content (AvgIpc) is 3.01. The van der Waals surface area contributed by atoms with E-state index in [1.54, 1.807) is 11.3 Å². The highest BCUT2D eigenvalue weighted by Crippen LogP contribution is 2.20. The van der Waals surface area contributed by atoms with Crippen molar-refractivity contribution in [1.29, 1.82) is 0 Å². The summed E-state index contributed by atoms with van der Waals surface area (Å²) in [5.74, 6) is 0.0534. The van der Waals surface area contributed by atoms with E-state index in [-0.39, 0.29) is 11.9 Å². The van der Waals surface area contributed by atoms with Crippen molar-refractivity contribution in [3.63, 3.8) is 0 Å². The highest BCUT2D eigenvalue weighted by molar-refractivity contribution is 7.11. The Bertz CT molecular complexity index is 387. The van der Waals surface area contributed by atoms with Gasteiger partial charge in [-0.05, 0) is 26.2 Å². The number of thiazole rings is 1. The number of carbonyl (C=O) groups excluding carboxylic acids is 1. The topological polar surface area (TPSA) is 54.0 Å². The van der Waals surface area contributed by atoms with Gasteiger partial charge in [-0.1, -0.05) is 6.92 Å². The minimum atomic E-state index is 0.00815. The average molecular weight is 253 g/mol. The van der Waals surface area contributed by atoms with Crippen molar-refractivity contribution < 1.29 is 4.79 Å². The van der Waals surface area contributed by atoms with E-state index in [9.17, 15) is 4.79 Å². The lowest BCUT2D eigenvalue weighted by atomic mass is 10.3. The maximum Gasteiger partial charge on any atom is 0.234 e. The standard InChI is InChI=1S/C12H19N3OS/c1-3-10-6-14-12(17-10)8(2)15-11(16)7-13-9-4-5-9/h6,8-9,13H,3-5,7H2,1-2H3,(H,15,16). The van der Waals surface area contributed by atoms with Gasteiger partial charge in [0.2, 0.25) is 5.91 Å². The summed E-state index contributed by atoms with van der Waals surface area (Å²) in [5.41, 5.74) is 0. The molecular formula is C12H19N3OS. The van der Waals surface area contributed by atoms with Gasteiger partial charge < -0.3 is 10.6 Å². The maximum absolute atomic E-state index is 11.6. The zero-order valence-electron chi connectivity index (χ0n) is 10.3. The van der Waals surface area contributed by atoms with E-state index in [0.717, 1.165) is 11.4 Å². The number of nitrogens with zero attached hydrogens (tertiary/aromatic N) is 1. The zero-order chi connectivity index (χ0) is 12.3. The Hall–Kier alpha value is -0.940. The number of nitrogens with one attached hydrogen (secondary N) is 2. The highest BCUT2D eigenvalue weighted by atomic mass is 32.1. The van der Waals surface area contributed by atoms with Crippen LogP contribution in [0.3, 0.4) is 0 Å². The van der Waals surface area contributed by atoms with E-state index in [0.29, 0.717) is 12.6 Å². The summed E-state index contributed by atoms with van der Waals surface area (Å²) in [7, 11) is 0. The Morgan fingerprint density at radius 1 is 1.65 bits per heavy atom. The first-order valence-corrected chi connectivity index (χ1v) is 6.98. The van der Waals surface area contributed by atoms with Gasteiger partial charge in [0.25, 0.3) is 0 Å². The van der Waals surface area contributed by atoms with Gasteiger partial charge in [-0.25, -0.2) is 4.98 Å². The predicted octanol–water partition coefficient (Wildman–Crippen LogP) is 1.63. The molecule has 1 heterocycles. The number of hydrogen-bond donors (Lipinski definition) is 2. The third-order valence-electron chi connectivity index (χ3n) is 2.80. The fourth-order valence-corrected chi connectivity index (χ4v) is 2.42. The summed E-state index contributed by atoms with van der Waals surface area (Å²) >= 11 is 1.67. The van der Waals surface area contributed by atoms with E-state index in [2.05, 4.69) is 22.5 Å². The minimum absolute atomic E-state index is 0.00815. The Morgan fingerprint density at radius 3 is 3.00 bits per heavy atom. The predicted molar refractivity (Wildman–Crippen MR) is 69.1 cm³/mol. The van der Waals surface area contributed by atoms with Crippen LogP contribution < -0.4 is 10.6 Å². The number of hydrogen-bond acceptors (Lipinski definition) is 4. The van der Waals surface area contributed by atoms with Gasteiger partial charge in [0, 0.05) is 17.1 Å². The van der Waals surface area contributed by atoms with Gasteiger partial charge >= 0.3 is 0 Å². The molecular weight excluding hydrogens is 234 g/mol. The number of aryl methyl sites for hydroxylation is 1.